The van der Waals surface area contributed by atoms with E-state index in [2.05, 4.69) is 30.4 Å². The Balaban J connectivity index is 2.38. The van der Waals surface area contributed by atoms with Crippen LogP contribution in [-0.4, -0.2) is 0 Å². The lowest BCUT2D eigenvalue weighted by Crippen LogP contribution is -1.70. The zero-order valence-corrected chi connectivity index (χ0v) is 6.22. The Hall–Kier alpha value is -0.780. The third kappa shape index (κ3) is 3.29. The van der Waals surface area contributed by atoms with E-state index in [0.717, 1.165) is 19.3 Å². The molecule has 0 aromatic rings. The molecule has 0 spiro atoms. The Labute approximate surface area is 62.9 Å². The van der Waals surface area contributed by atoms with Crippen LogP contribution >= 0.6 is 0 Å². The van der Waals surface area contributed by atoms with E-state index in [0.29, 0.717) is 0 Å². The summed E-state index contributed by atoms with van der Waals surface area (Å²) >= 11 is 0. The average Bonchev–Trinajstić information content (AvgIpc) is 2.01. The van der Waals surface area contributed by atoms with Crippen LogP contribution in [0, 0.1) is 6.08 Å². The van der Waals surface area contributed by atoms with E-state index in [1.807, 2.05) is 6.08 Å². The molecule has 0 atom stereocenters. The van der Waals surface area contributed by atoms with E-state index in [9.17, 15) is 0 Å². The summed E-state index contributed by atoms with van der Waals surface area (Å²) in [7, 11) is 0. The molecule has 0 bridgehead atoms. The summed E-state index contributed by atoms with van der Waals surface area (Å²) in [6.45, 7) is 0. The monoisotopic (exact) mass is 133 g/mol. The zero-order valence-electron chi connectivity index (χ0n) is 6.22. The summed E-state index contributed by atoms with van der Waals surface area (Å²) in [5, 5.41) is 0. The fourth-order valence-electron chi connectivity index (χ4n) is 0.910. The minimum absolute atomic E-state index is 1.06. The Kier molecular flexibility index (Phi) is 3.69. The van der Waals surface area contributed by atoms with Crippen molar-refractivity contribution < 1.29 is 0 Å². The van der Waals surface area contributed by atoms with Crippen molar-refractivity contribution in [1.82, 2.24) is 0 Å². The molecule has 53 valence electrons. The van der Waals surface area contributed by atoms with Crippen LogP contribution < -0.4 is 0 Å². The van der Waals surface area contributed by atoms with E-state index in [1.54, 1.807) is 0 Å². The van der Waals surface area contributed by atoms with Gasteiger partial charge in [-0.05, 0) is 31.8 Å². The van der Waals surface area contributed by atoms with Crippen LogP contribution in [0.3, 0.4) is 0 Å². The average molecular weight is 133 g/mol. The van der Waals surface area contributed by atoms with Crippen molar-refractivity contribution in [1.29, 1.82) is 0 Å². The molecule has 0 aliphatic heterocycles. The Morgan fingerprint density at radius 3 is 2.70 bits per heavy atom. The number of allylic oxidation sites excluding steroid dienone is 6. The summed E-state index contributed by atoms with van der Waals surface area (Å²) in [6.07, 6.45) is 18.5. The van der Waals surface area contributed by atoms with Crippen molar-refractivity contribution in [3.63, 3.8) is 0 Å². The third-order valence-corrected chi connectivity index (χ3v) is 1.47. The maximum atomic E-state index is 3.19. The highest BCUT2D eigenvalue weighted by Gasteiger charge is 1.80. The fourth-order valence-corrected chi connectivity index (χ4v) is 0.910. The second-order valence-corrected chi connectivity index (χ2v) is 2.39. The maximum absolute atomic E-state index is 3.19. The SMILES string of the molecule is [C]1=C\C=C/CC/C=C\CC/1. The summed E-state index contributed by atoms with van der Waals surface area (Å²) in [5.74, 6) is 0. The van der Waals surface area contributed by atoms with Gasteiger partial charge in [0.2, 0.25) is 0 Å². The molecule has 0 aromatic heterocycles. The van der Waals surface area contributed by atoms with Gasteiger partial charge in [-0.3, -0.25) is 0 Å². The second-order valence-electron chi connectivity index (χ2n) is 2.39. The molecule has 1 rings (SSSR count). The van der Waals surface area contributed by atoms with Crippen LogP contribution in [0.1, 0.15) is 25.7 Å². The Morgan fingerprint density at radius 2 is 1.70 bits per heavy atom. The first kappa shape index (κ1) is 7.33. The van der Waals surface area contributed by atoms with Gasteiger partial charge in [0, 0.05) is 0 Å². The molecule has 0 N–H and O–H groups in total. The van der Waals surface area contributed by atoms with Crippen molar-refractivity contribution in [2.24, 2.45) is 0 Å². The molecule has 1 aliphatic rings. The molecule has 0 heterocycles. The maximum Gasteiger partial charge on any atom is -0.0241 e. The van der Waals surface area contributed by atoms with Gasteiger partial charge < -0.3 is 0 Å². The lowest BCUT2D eigenvalue weighted by molar-refractivity contribution is 0.984. The first-order chi connectivity index (χ1) is 5.00. The molecular weight excluding hydrogens is 120 g/mol. The number of rotatable bonds is 0. The highest BCUT2D eigenvalue weighted by Crippen LogP contribution is 1.99. The van der Waals surface area contributed by atoms with E-state index in [-0.39, 0.29) is 0 Å². The van der Waals surface area contributed by atoms with Gasteiger partial charge in [0.05, 0.1) is 0 Å². The quantitative estimate of drug-likeness (QED) is 0.445. The van der Waals surface area contributed by atoms with E-state index in [1.165, 1.54) is 6.42 Å². The fraction of sp³-hybridized carbons (Fsp3) is 0.400. The van der Waals surface area contributed by atoms with Crippen LogP contribution in [0.5, 0.6) is 0 Å². The predicted molar refractivity (Wildman–Crippen MR) is 44.6 cm³/mol. The molecular formula is C10H13. The van der Waals surface area contributed by atoms with Crippen LogP contribution in [0.2, 0.25) is 0 Å². The van der Waals surface area contributed by atoms with Crippen LogP contribution in [0.25, 0.3) is 0 Å². The molecule has 0 nitrogen and oxygen atoms in total. The molecule has 0 saturated carbocycles. The van der Waals surface area contributed by atoms with Gasteiger partial charge in [0.25, 0.3) is 0 Å². The summed E-state index contributed by atoms with van der Waals surface area (Å²) in [6, 6.07) is 0. The molecule has 1 aliphatic carbocycles. The van der Waals surface area contributed by atoms with Crippen LogP contribution in [-0.2, 0) is 0 Å². The van der Waals surface area contributed by atoms with Crippen LogP contribution in [0.15, 0.2) is 30.4 Å². The smallest absolute Gasteiger partial charge is 0.0241 e. The van der Waals surface area contributed by atoms with Gasteiger partial charge in [-0.2, -0.15) is 0 Å². The summed E-state index contributed by atoms with van der Waals surface area (Å²) in [4.78, 5) is 0. The summed E-state index contributed by atoms with van der Waals surface area (Å²) in [5.41, 5.74) is 0. The molecule has 10 heavy (non-hydrogen) atoms. The van der Waals surface area contributed by atoms with E-state index >= 15 is 0 Å². The van der Waals surface area contributed by atoms with Gasteiger partial charge in [-0.25, -0.2) is 0 Å². The normalized spacial score (nSPS) is 28.8. The summed E-state index contributed by atoms with van der Waals surface area (Å²) < 4.78 is 0. The molecule has 0 amide bonds. The Morgan fingerprint density at radius 1 is 0.900 bits per heavy atom. The second kappa shape index (κ2) is 5.04. The minimum Gasteiger partial charge on any atom is -0.0882 e. The first-order valence-electron chi connectivity index (χ1n) is 3.87. The minimum atomic E-state index is 1.06. The van der Waals surface area contributed by atoms with Crippen molar-refractivity contribution in [3.8, 4) is 0 Å². The predicted octanol–water partition coefficient (Wildman–Crippen LogP) is 3.03. The van der Waals surface area contributed by atoms with E-state index in [4.69, 9.17) is 0 Å². The lowest BCUT2D eigenvalue weighted by atomic mass is 10.2. The van der Waals surface area contributed by atoms with Gasteiger partial charge >= 0.3 is 0 Å². The van der Waals surface area contributed by atoms with Crippen LogP contribution in [0.4, 0.5) is 0 Å². The van der Waals surface area contributed by atoms with Gasteiger partial charge in [0.15, 0.2) is 0 Å². The molecule has 1 radical (unpaired) electrons. The topological polar surface area (TPSA) is 0 Å². The third-order valence-electron chi connectivity index (χ3n) is 1.47. The number of hydrogen-bond acceptors (Lipinski definition) is 0. The molecule has 0 fully saturated rings. The van der Waals surface area contributed by atoms with Crippen molar-refractivity contribution in [2.75, 3.05) is 0 Å². The molecule has 0 aromatic carbocycles. The zero-order chi connectivity index (χ0) is 7.07. The van der Waals surface area contributed by atoms with Gasteiger partial charge in [-0.15, -0.1) is 0 Å². The largest absolute Gasteiger partial charge is 0.0882 e. The van der Waals surface area contributed by atoms with Gasteiger partial charge in [0.1, 0.15) is 0 Å². The standard InChI is InChI=1S/C10H13/c1-2-4-6-8-10-9-7-5-3-1/h1-3,8,10H,4,6-7,9H2/b2-1-,5-3?,10-8-. The lowest BCUT2D eigenvalue weighted by Gasteiger charge is -1.89. The van der Waals surface area contributed by atoms with Crippen molar-refractivity contribution >= 4 is 0 Å². The van der Waals surface area contributed by atoms with Gasteiger partial charge in [-0.1, -0.05) is 30.4 Å². The molecule has 0 heteroatoms. The van der Waals surface area contributed by atoms with Crippen molar-refractivity contribution in [2.45, 2.75) is 25.7 Å². The highest BCUT2D eigenvalue weighted by atomic mass is 13.9. The Bertz CT molecular complexity index is 131. The molecule has 0 unspecified atom stereocenters. The van der Waals surface area contributed by atoms with E-state index < -0.39 is 0 Å². The van der Waals surface area contributed by atoms with Crippen molar-refractivity contribution in [3.05, 3.63) is 36.5 Å². The first-order valence-corrected chi connectivity index (χ1v) is 3.87. The molecule has 0 saturated heterocycles. The highest BCUT2D eigenvalue weighted by molar-refractivity contribution is 5.01. The number of hydrogen-bond donors (Lipinski definition) is 0.